The first-order valence-electron chi connectivity index (χ1n) is 18.3. The zero-order valence-electron chi connectivity index (χ0n) is 31.1. The molecule has 1 aromatic heterocycles. The standard InChI is InChI=1S/C38H58N6O6S/c1-25(35(47)42-28(36-40-19-21-51-36)22-26-14-9-7-10-15-26)34(50-6)29-18-13-20-44(29)31(45)23-30(49-5)33(27-16-11-8-12-17-27)43(4)32(46)24-41-37(48)38(2,3)39/h7,9-10,14-15,19,21,25,27-30,33-34H,8,11-13,16-18,20,22-24,39H2,1-6H3,(H,41,48)(H,42,47). The Kier molecular flexibility index (Phi) is 15.0. The highest BCUT2D eigenvalue weighted by Crippen LogP contribution is 2.34. The van der Waals surface area contributed by atoms with Crippen LogP contribution < -0.4 is 16.4 Å². The molecule has 2 heterocycles. The van der Waals surface area contributed by atoms with Gasteiger partial charge in [-0.3, -0.25) is 19.2 Å². The minimum Gasteiger partial charge on any atom is -0.379 e. The van der Waals surface area contributed by atoms with E-state index < -0.39 is 29.6 Å². The molecule has 1 saturated carbocycles. The number of likely N-dealkylation sites (N-methyl/N-ethyl adjacent to an activating group) is 1. The fourth-order valence-electron chi connectivity index (χ4n) is 7.70. The average molecular weight is 727 g/mol. The van der Waals surface area contributed by atoms with Gasteiger partial charge in [0, 0.05) is 39.4 Å². The number of rotatable bonds is 17. The van der Waals surface area contributed by atoms with E-state index in [0.717, 1.165) is 49.1 Å². The number of amides is 4. The summed E-state index contributed by atoms with van der Waals surface area (Å²) >= 11 is 1.51. The topological polar surface area (TPSA) is 156 Å². The fourth-order valence-corrected chi connectivity index (χ4v) is 8.39. The van der Waals surface area contributed by atoms with E-state index in [1.807, 2.05) is 47.5 Å². The van der Waals surface area contributed by atoms with E-state index in [0.29, 0.717) is 19.4 Å². The first-order chi connectivity index (χ1) is 24.3. The molecule has 2 fully saturated rings. The third kappa shape index (κ3) is 10.8. The van der Waals surface area contributed by atoms with Gasteiger partial charge in [-0.25, -0.2) is 4.98 Å². The van der Waals surface area contributed by atoms with Crippen LogP contribution in [0.3, 0.4) is 0 Å². The molecule has 282 valence electrons. The SMILES string of the molecule is COC(CC(=O)N1CCCC1C(OC)C(C)C(=O)NC(Cc1ccccc1)c1nccs1)C(C1CCCCC1)N(C)C(=O)CNC(=O)C(C)(C)N. The summed E-state index contributed by atoms with van der Waals surface area (Å²) in [5.74, 6) is -1.32. The highest BCUT2D eigenvalue weighted by atomic mass is 32.1. The summed E-state index contributed by atoms with van der Waals surface area (Å²) in [5, 5.41) is 8.62. The summed E-state index contributed by atoms with van der Waals surface area (Å²) in [7, 11) is 4.92. The van der Waals surface area contributed by atoms with E-state index in [2.05, 4.69) is 15.6 Å². The fraction of sp³-hybridized carbons (Fsp3) is 0.658. The lowest BCUT2D eigenvalue weighted by atomic mass is 9.80. The van der Waals surface area contributed by atoms with Crippen molar-refractivity contribution in [3.63, 3.8) is 0 Å². The summed E-state index contributed by atoms with van der Waals surface area (Å²) in [6.45, 7) is 5.39. The molecule has 12 nitrogen and oxygen atoms in total. The molecule has 4 N–H and O–H groups in total. The van der Waals surface area contributed by atoms with E-state index in [1.54, 1.807) is 46.2 Å². The van der Waals surface area contributed by atoms with Crippen molar-refractivity contribution in [1.82, 2.24) is 25.4 Å². The summed E-state index contributed by atoms with van der Waals surface area (Å²) in [4.78, 5) is 61.9. The quantitative estimate of drug-likeness (QED) is 0.222. The first-order valence-corrected chi connectivity index (χ1v) is 19.1. The normalized spacial score (nSPS) is 19.8. The Balaban J connectivity index is 1.46. The molecule has 0 radical (unpaired) electrons. The van der Waals surface area contributed by atoms with Crippen LogP contribution in [0.15, 0.2) is 41.9 Å². The van der Waals surface area contributed by atoms with Gasteiger partial charge in [0.2, 0.25) is 23.6 Å². The number of nitrogens with zero attached hydrogens (tertiary/aromatic N) is 3. The number of hydrogen-bond donors (Lipinski definition) is 3. The third-order valence-electron chi connectivity index (χ3n) is 10.5. The predicted octanol–water partition coefficient (Wildman–Crippen LogP) is 3.85. The number of thiazole rings is 1. The van der Waals surface area contributed by atoms with E-state index in [9.17, 15) is 19.2 Å². The van der Waals surface area contributed by atoms with Crippen molar-refractivity contribution in [3.8, 4) is 0 Å². The molecule has 2 aliphatic rings. The van der Waals surface area contributed by atoms with Gasteiger partial charge < -0.3 is 35.6 Å². The summed E-state index contributed by atoms with van der Waals surface area (Å²) in [6.07, 6.45) is 7.92. The number of carbonyl (C=O) groups excluding carboxylic acids is 4. The molecule has 51 heavy (non-hydrogen) atoms. The number of nitrogens with two attached hydrogens (primary N) is 1. The number of carbonyl (C=O) groups is 4. The lowest BCUT2D eigenvalue weighted by Gasteiger charge is -2.41. The van der Waals surface area contributed by atoms with Crippen molar-refractivity contribution in [2.24, 2.45) is 17.6 Å². The highest BCUT2D eigenvalue weighted by Gasteiger charge is 2.43. The lowest BCUT2D eigenvalue weighted by molar-refractivity contribution is -0.146. The van der Waals surface area contributed by atoms with Gasteiger partial charge in [0.1, 0.15) is 5.01 Å². The Morgan fingerprint density at radius 2 is 1.76 bits per heavy atom. The zero-order valence-corrected chi connectivity index (χ0v) is 32.0. The highest BCUT2D eigenvalue weighted by molar-refractivity contribution is 7.09. The molecule has 0 bridgehead atoms. The Labute approximate surface area is 307 Å². The van der Waals surface area contributed by atoms with Crippen molar-refractivity contribution in [3.05, 3.63) is 52.5 Å². The number of aromatic nitrogens is 1. The Bertz CT molecular complexity index is 1410. The third-order valence-corrected chi connectivity index (χ3v) is 11.4. The Morgan fingerprint density at radius 3 is 2.37 bits per heavy atom. The van der Waals surface area contributed by atoms with Crippen LogP contribution in [-0.2, 0) is 35.1 Å². The number of hydrogen-bond acceptors (Lipinski definition) is 9. The molecule has 6 unspecified atom stereocenters. The molecule has 4 rings (SSSR count). The van der Waals surface area contributed by atoms with Gasteiger partial charge in [-0.15, -0.1) is 11.3 Å². The van der Waals surface area contributed by atoms with Crippen LogP contribution in [0.1, 0.15) is 88.8 Å². The molecule has 1 saturated heterocycles. The van der Waals surface area contributed by atoms with Gasteiger partial charge in [0.15, 0.2) is 0 Å². The van der Waals surface area contributed by atoms with Gasteiger partial charge in [-0.2, -0.15) is 0 Å². The maximum absolute atomic E-state index is 14.2. The zero-order chi connectivity index (χ0) is 37.1. The van der Waals surface area contributed by atoms with E-state index >= 15 is 0 Å². The van der Waals surface area contributed by atoms with Crippen LogP contribution in [0.25, 0.3) is 0 Å². The van der Waals surface area contributed by atoms with E-state index in [4.69, 9.17) is 15.2 Å². The molecule has 4 amide bonds. The molecule has 1 aromatic carbocycles. The van der Waals surface area contributed by atoms with Crippen molar-refractivity contribution < 1.29 is 28.7 Å². The largest absolute Gasteiger partial charge is 0.379 e. The molecule has 1 aliphatic carbocycles. The molecule has 1 aliphatic heterocycles. The van der Waals surface area contributed by atoms with Gasteiger partial charge in [0.05, 0.1) is 54.8 Å². The van der Waals surface area contributed by atoms with Gasteiger partial charge in [-0.1, -0.05) is 56.5 Å². The lowest BCUT2D eigenvalue weighted by Crippen LogP contribution is -2.56. The van der Waals surface area contributed by atoms with Crippen molar-refractivity contribution in [1.29, 1.82) is 0 Å². The second-order valence-electron chi connectivity index (χ2n) is 14.7. The second-order valence-corrected chi connectivity index (χ2v) is 15.6. The summed E-state index contributed by atoms with van der Waals surface area (Å²) < 4.78 is 12.0. The number of benzene rings is 1. The van der Waals surface area contributed by atoms with Crippen molar-refractivity contribution >= 4 is 35.0 Å². The van der Waals surface area contributed by atoms with Crippen LogP contribution in [0, 0.1) is 11.8 Å². The second kappa shape index (κ2) is 18.9. The number of nitrogens with one attached hydrogen (secondary N) is 2. The van der Waals surface area contributed by atoms with Gasteiger partial charge in [-0.05, 0) is 57.4 Å². The summed E-state index contributed by atoms with van der Waals surface area (Å²) in [5.41, 5.74) is 5.90. The Hall–Kier alpha value is -3.39. The smallest absolute Gasteiger partial charge is 0.242 e. The maximum atomic E-state index is 14.2. The van der Waals surface area contributed by atoms with Crippen LogP contribution in [0.4, 0.5) is 0 Å². The van der Waals surface area contributed by atoms with Crippen LogP contribution in [0.2, 0.25) is 0 Å². The number of ether oxygens (including phenoxy) is 2. The first kappa shape index (κ1) is 40.4. The number of likely N-dealkylation sites (tertiary alicyclic amines) is 1. The molecule has 6 atom stereocenters. The van der Waals surface area contributed by atoms with Crippen LogP contribution >= 0.6 is 11.3 Å². The van der Waals surface area contributed by atoms with E-state index in [1.165, 1.54) is 11.3 Å². The number of methoxy groups -OCH3 is 2. The average Bonchev–Trinajstić information content (AvgIpc) is 3.84. The van der Waals surface area contributed by atoms with Crippen LogP contribution in [-0.4, -0.2) is 103 Å². The molecular weight excluding hydrogens is 669 g/mol. The predicted molar refractivity (Wildman–Crippen MR) is 198 cm³/mol. The van der Waals surface area contributed by atoms with Gasteiger partial charge in [0.25, 0.3) is 0 Å². The van der Waals surface area contributed by atoms with Crippen LogP contribution in [0.5, 0.6) is 0 Å². The van der Waals surface area contributed by atoms with Crippen molar-refractivity contribution in [2.45, 2.75) is 114 Å². The minimum absolute atomic E-state index is 0.0776. The monoisotopic (exact) mass is 726 g/mol. The molecule has 2 aromatic rings. The molecule has 13 heteroatoms. The maximum Gasteiger partial charge on any atom is 0.242 e. The van der Waals surface area contributed by atoms with Crippen molar-refractivity contribution in [2.75, 3.05) is 34.4 Å². The molecule has 0 spiro atoms. The van der Waals surface area contributed by atoms with E-state index in [-0.39, 0.29) is 54.7 Å². The Morgan fingerprint density at radius 1 is 1.06 bits per heavy atom. The minimum atomic E-state index is -1.11. The van der Waals surface area contributed by atoms with Gasteiger partial charge >= 0.3 is 0 Å². The summed E-state index contributed by atoms with van der Waals surface area (Å²) in [6, 6.07) is 9.06. The molecular formula is C38H58N6O6S.